The number of piperidine rings is 1. The number of rotatable bonds is 11. The van der Waals surface area contributed by atoms with E-state index in [9.17, 15) is 4.79 Å². The van der Waals surface area contributed by atoms with Gasteiger partial charge in [-0.15, -0.1) is 0 Å². The van der Waals surface area contributed by atoms with Crippen LogP contribution in [0.15, 0.2) is 54.2 Å². The van der Waals surface area contributed by atoms with Crippen molar-refractivity contribution in [3.8, 4) is 0 Å². The zero-order valence-electron chi connectivity index (χ0n) is 22.6. The molecule has 4 heteroatoms. The highest BCUT2D eigenvalue weighted by atomic mass is 35.5. The predicted molar refractivity (Wildman–Crippen MR) is 153 cm³/mol. The van der Waals surface area contributed by atoms with Crippen molar-refractivity contribution in [3.63, 3.8) is 0 Å². The second-order valence-electron chi connectivity index (χ2n) is 10.3. The van der Waals surface area contributed by atoms with Crippen LogP contribution in [-0.4, -0.2) is 55.4 Å². The Bertz CT molecular complexity index is 852. The normalized spacial score (nSPS) is 17.5. The summed E-state index contributed by atoms with van der Waals surface area (Å²) in [7, 11) is 2.05. The summed E-state index contributed by atoms with van der Waals surface area (Å²) in [5.74, 6) is 0.844. The van der Waals surface area contributed by atoms with E-state index in [1.807, 2.05) is 26.1 Å². The number of carbonyl (C=O) groups is 1. The Morgan fingerprint density at radius 2 is 2.00 bits per heavy atom. The van der Waals surface area contributed by atoms with Crippen LogP contribution in [0.1, 0.15) is 81.6 Å². The van der Waals surface area contributed by atoms with E-state index >= 15 is 0 Å². The quantitative estimate of drug-likeness (QED) is 0.230. The summed E-state index contributed by atoms with van der Waals surface area (Å²) in [5, 5.41) is 0.603. The Morgan fingerprint density at radius 3 is 2.57 bits per heavy atom. The molecule has 3 rings (SSSR count). The maximum atomic E-state index is 10.9. The van der Waals surface area contributed by atoms with Crippen molar-refractivity contribution in [1.82, 2.24) is 9.80 Å². The van der Waals surface area contributed by atoms with E-state index in [2.05, 4.69) is 48.5 Å². The van der Waals surface area contributed by atoms with Crippen LogP contribution in [0.4, 0.5) is 0 Å². The number of carbonyl (C=O) groups excluding carboxylic acids is 1. The molecule has 1 aliphatic heterocycles. The minimum absolute atomic E-state index is 0.603. The summed E-state index contributed by atoms with van der Waals surface area (Å²) < 4.78 is 0. The number of hydrogen-bond donors (Lipinski definition) is 0. The number of likely N-dealkylation sites (N-methyl/N-ethyl adjacent to an activating group) is 1. The van der Waals surface area contributed by atoms with Gasteiger partial charge in [0.1, 0.15) is 6.29 Å². The molecule has 1 aliphatic carbocycles. The summed E-state index contributed by atoms with van der Waals surface area (Å²) in [4.78, 5) is 15.8. The molecule has 0 amide bonds. The van der Waals surface area contributed by atoms with Gasteiger partial charge in [-0.05, 0) is 101 Å². The number of halogens is 1. The lowest BCUT2D eigenvalue weighted by Gasteiger charge is -2.38. The molecule has 1 aromatic rings. The predicted octanol–water partition coefficient (Wildman–Crippen LogP) is 7.76. The van der Waals surface area contributed by atoms with Gasteiger partial charge in [0.2, 0.25) is 0 Å². The summed E-state index contributed by atoms with van der Waals surface area (Å²) in [5.41, 5.74) is 4.49. The Kier molecular flexibility index (Phi) is 13.6. The van der Waals surface area contributed by atoms with Crippen molar-refractivity contribution in [1.29, 1.82) is 0 Å². The van der Waals surface area contributed by atoms with Gasteiger partial charge in [0.05, 0.1) is 0 Å². The molecule has 3 nitrogen and oxygen atoms in total. The fraction of sp³-hybridized carbons (Fsp3) is 0.581. The molecule has 2 aliphatic rings. The first kappa shape index (κ1) is 29.5. The molecule has 1 atom stereocenters. The monoisotopic (exact) mass is 498 g/mol. The number of nitrogens with zero attached hydrogens (tertiary/aromatic N) is 2. The van der Waals surface area contributed by atoms with E-state index in [1.165, 1.54) is 58.0 Å². The van der Waals surface area contributed by atoms with Crippen LogP contribution in [0.25, 0.3) is 0 Å². The zero-order chi connectivity index (χ0) is 25.6. The molecule has 194 valence electrons. The fourth-order valence-corrected chi connectivity index (χ4v) is 5.45. The molecule has 0 saturated carbocycles. The first-order chi connectivity index (χ1) is 16.9. The molecule has 0 N–H and O–H groups in total. The fourth-order valence-electron chi connectivity index (χ4n) is 5.27. The van der Waals surface area contributed by atoms with Crippen molar-refractivity contribution in [2.24, 2.45) is 5.92 Å². The van der Waals surface area contributed by atoms with E-state index in [0.717, 1.165) is 48.9 Å². The van der Waals surface area contributed by atoms with Gasteiger partial charge in [-0.3, -0.25) is 4.79 Å². The van der Waals surface area contributed by atoms with Crippen molar-refractivity contribution in [2.75, 3.05) is 33.2 Å². The molecule has 0 aromatic heterocycles. The van der Waals surface area contributed by atoms with E-state index in [-0.39, 0.29) is 0 Å². The summed E-state index contributed by atoms with van der Waals surface area (Å²) in [6, 6.07) is 6.29. The van der Waals surface area contributed by atoms with Crippen LogP contribution in [0.5, 0.6) is 0 Å². The van der Waals surface area contributed by atoms with Crippen LogP contribution in [-0.2, 0) is 6.42 Å². The van der Waals surface area contributed by atoms with E-state index in [0.29, 0.717) is 10.6 Å². The maximum Gasteiger partial charge on any atom is 0.150 e. The van der Waals surface area contributed by atoms with Crippen LogP contribution >= 0.6 is 11.6 Å². The first-order valence-corrected chi connectivity index (χ1v) is 13.9. The van der Waals surface area contributed by atoms with Crippen LogP contribution in [0.2, 0.25) is 5.02 Å². The average molecular weight is 499 g/mol. The molecule has 0 spiro atoms. The minimum Gasteiger partial charge on any atom is -0.302 e. The lowest BCUT2D eigenvalue weighted by molar-refractivity contribution is 0.112. The molecule has 1 fully saturated rings. The highest BCUT2D eigenvalue weighted by Gasteiger charge is 2.25. The van der Waals surface area contributed by atoms with Crippen molar-refractivity contribution in [2.45, 2.75) is 78.2 Å². The van der Waals surface area contributed by atoms with Gasteiger partial charge >= 0.3 is 0 Å². The van der Waals surface area contributed by atoms with Gasteiger partial charge < -0.3 is 9.80 Å². The third-order valence-electron chi connectivity index (χ3n) is 7.17. The van der Waals surface area contributed by atoms with E-state index < -0.39 is 0 Å². The van der Waals surface area contributed by atoms with E-state index in [1.54, 1.807) is 11.6 Å². The lowest BCUT2D eigenvalue weighted by Crippen LogP contribution is -2.41. The minimum atomic E-state index is 0.603. The van der Waals surface area contributed by atoms with Crippen molar-refractivity contribution in [3.05, 3.63) is 70.3 Å². The first-order valence-electron chi connectivity index (χ1n) is 13.5. The summed E-state index contributed by atoms with van der Waals surface area (Å²) in [6.07, 6.45) is 18.2. The SMILES string of the molecule is C=C(C)CN(C)CCc1ccc(Cl)cc1C=O.CCCC(CC)N1CCC(C2=CCCC=C2)CC1. The number of likely N-dealkylation sites (tertiary alicyclic amines) is 1. The molecule has 1 aromatic carbocycles. The third kappa shape index (κ3) is 10.5. The molecule has 1 saturated heterocycles. The van der Waals surface area contributed by atoms with E-state index in [4.69, 9.17) is 11.6 Å². The van der Waals surface area contributed by atoms with Crippen molar-refractivity contribution >= 4 is 17.9 Å². The van der Waals surface area contributed by atoms with Gasteiger partial charge in [0, 0.05) is 29.7 Å². The Balaban J connectivity index is 0.000000247. The topological polar surface area (TPSA) is 23.6 Å². The van der Waals surface area contributed by atoms with Crippen LogP contribution < -0.4 is 0 Å². The average Bonchev–Trinajstić information content (AvgIpc) is 2.87. The maximum absolute atomic E-state index is 10.9. The van der Waals surface area contributed by atoms with Crippen molar-refractivity contribution < 1.29 is 4.79 Å². The second-order valence-corrected chi connectivity index (χ2v) is 10.7. The smallest absolute Gasteiger partial charge is 0.150 e. The van der Waals surface area contributed by atoms with Gasteiger partial charge in [-0.1, -0.05) is 68.3 Å². The van der Waals surface area contributed by atoms with Crippen LogP contribution in [0.3, 0.4) is 0 Å². The molecule has 35 heavy (non-hydrogen) atoms. The number of aldehydes is 1. The molecule has 0 bridgehead atoms. The molecule has 1 unspecified atom stereocenters. The van der Waals surface area contributed by atoms with Gasteiger partial charge in [0.15, 0.2) is 0 Å². The van der Waals surface area contributed by atoms with Gasteiger partial charge in [-0.2, -0.15) is 0 Å². The Labute approximate surface area is 219 Å². The molecule has 0 radical (unpaired) electrons. The standard InChI is InChI=1S/C17H29N.C14H18ClNO/c1-3-8-17(4-2)18-13-11-16(12-14-18)15-9-6-5-7-10-15;1-11(2)9-16(3)7-6-12-4-5-14(15)8-13(12)10-17/h6,9-10,16-17H,3-5,7-8,11-14H2,1-2H3;4-5,8,10H,1,6-7,9H2,2-3H3. The highest BCUT2D eigenvalue weighted by molar-refractivity contribution is 6.30. The van der Waals surface area contributed by atoms with Gasteiger partial charge in [0.25, 0.3) is 0 Å². The summed E-state index contributed by atoms with van der Waals surface area (Å²) >= 11 is 5.85. The Morgan fingerprint density at radius 1 is 1.26 bits per heavy atom. The summed E-state index contributed by atoms with van der Waals surface area (Å²) in [6.45, 7) is 15.0. The highest BCUT2D eigenvalue weighted by Crippen LogP contribution is 2.29. The largest absolute Gasteiger partial charge is 0.302 e. The number of allylic oxidation sites excluding steroid dienone is 4. The number of hydrogen-bond acceptors (Lipinski definition) is 3. The Hall–Kier alpha value is -1.68. The lowest BCUT2D eigenvalue weighted by atomic mass is 9.85. The number of benzene rings is 1. The van der Waals surface area contributed by atoms with Crippen LogP contribution in [0, 0.1) is 5.92 Å². The third-order valence-corrected chi connectivity index (χ3v) is 7.41. The van der Waals surface area contributed by atoms with Gasteiger partial charge in [-0.25, -0.2) is 0 Å². The molecular weight excluding hydrogens is 452 g/mol. The molecule has 1 heterocycles. The zero-order valence-corrected chi connectivity index (χ0v) is 23.3. The second kappa shape index (κ2) is 16.1. The molecular formula is C31H47ClN2O.